The molecular formula is C16H19NO5. The summed E-state index contributed by atoms with van der Waals surface area (Å²) < 4.78 is 10.5. The zero-order valence-corrected chi connectivity index (χ0v) is 12.4. The number of benzene rings is 1. The molecule has 22 heavy (non-hydrogen) atoms. The minimum atomic E-state index is -1.19. The van der Waals surface area contributed by atoms with Crippen molar-refractivity contribution in [3.05, 3.63) is 47.2 Å². The third kappa shape index (κ3) is 4.33. The number of carbonyl (C=O) groups excluding carboxylic acids is 1. The van der Waals surface area contributed by atoms with E-state index in [4.69, 9.17) is 9.47 Å². The third-order valence-electron chi connectivity index (χ3n) is 3.42. The lowest BCUT2D eigenvalue weighted by Crippen LogP contribution is -2.33. The Hall–Kier alpha value is -2.34. The van der Waals surface area contributed by atoms with Crippen molar-refractivity contribution in [3.8, 4) is 0 Å². The van der Waals surface area contributed by atoms with Crippen molar-refractivity contribution < 1.29 is 24.2 Å². The highest BCUT2D eigenvalue weighted by molar-refractivity contribution is 5.91. The van der Waals surface area contributed by atoms with Gasteiger partial charge in [0.2, 0.25) is 0 Å². The molecule has 0 spiro atoms. The Morgan fingerprint density at radius 2 is 2.09 bits per heavy atom. The van der Waals surface area contributed by atoms with E-state index in [1.165, 1.54) is 0 Å². The Morgan fingerprint density at radius 3 is 2.73 bits per heavy atom. The lowest BCUT2D eigenvalue weighted by atomic mass is 10.0. The maximum absolute atomic E-state index is 11.8. The summed E-state index contributed by atoms with van der Waals surface area (Å²) in [7, 11) is 0. The van der Waals surface area contributed by atoms with Gasteiger partial charge in [-0.3, -0.25) is 5.32 Å². The molecule has 1 aliphatic heterocycles. The van der Waals surface area contributed by atoms with Crippen molar-refractivity contribution in [3.63, 3.8) is 0 Å². The van der Waals surface area contributed by atoms with Crippen LogP contribution in [0.5, 0.6) is 0 Å². The monoisotopic (exact) mass is 305 g/mol. The van der Waals surface area contributed by atoms with Crippen LogP contribution < -0.4 is 5.32 Å². The molecule has 0 aromatic heterocycles. The fourth-order valence-electron chi connectivity index (χ4n) is 2.29. The van der Waals surface area contributed by atoms with Crippen molar-refractivity contribution in [2.45, 2.75) is 32.5 Å². The molecule has 1 atom stereocenters. The number of hydrogen-bond donors (Lipinski definition) is 2. The van der Waals surface area contributed by atoms with Gasteiger partial charge in [0.15, 0.2) is 0 Å². The van der Waals surface area contributed by atoms with Crippen LogP contribution in [0.4, 0.5) is 4.79 Å². The lowest BCUT2D eigenvalue weighted by Gasteiger charge is -2.24. The van der Waals surface area contributed by atoms with Crippen molar-refractivity contribution in [2.75, 3.05) is 6.61 Å². The number of aliphatic carboxylic acids is 1. The smallest absolute Gasteiger partial charge is 0.412 e. The first-order valence-corrected chi connectivity index (χ1v) is 7.13. The SMILES string of the molecule is CC1OCCCC1=C(NC(=O)OCc1ccccc1)C(=O)O. The van der Waals surface area contributed by atoms with Gasteiger partial charge < -0.3 is 14.6 Å². The summed E-state index contributed by atoms with van der Waals surface area (Å²) in [6.45, 7) is 2.45. The quantitative estimate of drug-likeness (QED) is 0.835. The number of rotatable bonds is 4. The second-order valence-electron chi connectivity index (χ2n) is 5.01. The molecule has 1 aliphatic rings. The van der Waals surface area contributed by atoms with E-state index in [9.17, 15) is 14.7 Å². The molecule has 6 nitrogen and oxygen atoms in total. The number of alkyl carbamates (subject to hydrolysis) is 1. The molecule has 1 saturated heterocycles. The van der Waals surface area contributed by atoms with Gasteiger partial charge in [-0.2, -0.15) is 0 Å². The van der Waals surface area contributed by atoms with E-state index in [2.05, 4.69) is 5.32 Å². The van der Waals surface area contributed by atoms with Gasteiger partial charge in [-0.15, -0.1) is 0 Å². The van der Waals surface area contributed by atoms with Gasteiger partial charge in [0.25, 0.3) is 0 Å². The van der Waals surface area contributed by atoms with E-state index < -0.39 is 12.1 Å². The number of ether oxygens (including phenoxy) is 2. The van der Waals surface area contributed by atoms with Crippen molar-refractivity contribution in [2.24, 2.45) is 0 Å². The number of hydrogen-bond acceptors (Lipinski definition) is 4. The predicted octanol–water partition coefficient (Wildman–Crippen LogP) is 2.45. The normalized spacial score (nSPS) is 20.1. The second kappa shape index (κ2) is 7.61. The molecule has 2 rings (SSSR count). The number of carbonyl (C=O) groups is 2. The van der Waals surface area contributed by atoms with Crippen LogP contribution in [0.2, 0.25) is 0 Å². The van der Waals surface area contributed by atoms with E-state index in [1.54, 1.807) is 6.92 Å². The van der Waals surface area contributed by atoms with Gasteiger partial charge in [-0.05, 0) is 30.9 Å². The van der Waals surface area contributed by atoms with Crippen LogP contribution >= 0.6 is 0 Å². The Morgan fingerprint density at radius 1 is 1.36 bits per heavy atom. The number of carboxylic acids is 1. The van der Waals surface area contributed by atoms with Gasteiger partial charge in [-0.25, -0.2) is 9.59 Å². The molecule has 118 valence electrons. The van der Waals surface area contributed by atoms with E-state index in [-0.39, 0.29) is 18.4 Å². The number of nitrogens with one attached hydrogen (secondary N) is 1. The summed E-state index contributed by atoms with van der Waals surface area (Å²) >= 11 is 0. The van der Waals surface area contributed by atoms with Gasteiger partial charge >= 0.3 is 12.1 Å². The summed E-state index contributed by atoms with van der Waals surface area (Å²) in [5, 5.41) is 11.6. The van der Waals surface area contributed by atoms with E-state index in [0.29, 0.717) is 18.6 Å². The molecule has 1 aromatic carbocycles. The van der Waals surface area contributed by atoms with Crippen LogP contribution in [-0.2, 0) is 20.9 Å². The topological polar surface area (TPSA) is 84.9 Å². The minimum Gasteiger partial charge on any atom is -0.477 e. The zero-order chi connectivity index (χ0) is 15.9. The molecule has 1 aromatic rings. The second-order valence-corrected chi connectivity index (χ2v) is 5.01. The van der Waals surface area contributed by atoms with E-state index in [0.717, 1.165) is 12.0 Å². The highest BCUT2D eigenvalue weighted by Gasteiger charge is 2.24. The summed E-state index contributed by atoms with van der Waals surface area (Å²) in [5.41, 5.74) is 1.26. The molecule has 1 unspecified atom stereocenters. The Bertz CT molecular complexity index is 567. The standard InChI is InChI=1S/C16H19NO5/c1-11-13(8-5-9-21-11)14(15(18)19)17-16(20)22-10-12-6-3-2-4-7-12/h2-4,6-7,11H,5,8-10H2,1H3,(H,17,20)(H,18,19). The molecule has 0 aliphatic carbocycles. The highest BCUT2D eigenvalue weighted by atomic mass is 16.5. The first-order valence-electron chi connectivity index (χ1n) is 7.13. The van der Waals surface area contributed by atoms with Crippen LogP contribution in [0.25, 0.3) is 0 Å². The molecular weight excluding hydrogens is 286 g/mol. The van der Waals surface area contributed by atoms with Gasteiger partial charge in [0.1, 0.15) is 12.3 Å². The van der Waals surface area contributed by atoms with Crippen LogP contribution in [0.3, 0.4) is 0 Å². The Balaban J connectivity index is 2.00. The van der Waals surface area contributed by atoms with Crippen molar-refractivity contribution >= 4 is 12.1 Å². The van der Waals surface area contributed by atoms with Gasteiger partial charge in [0, 0.05) is 6.61 Å². The minimum absolute atomic E-state index is 0.0843. The maximum atomic E-state index is 11.8. The van der Waals surface area contributed by atoms with Crippen LogP contribution in [-0.4, -0.2) is 29.9 Å². The van der Waals surface area contributed by atoms with Crippen molar-refractivity contribution in [1.82, 2.24) is 5.32 Å². The summed E-state index contributed by atoms with van der Waals surface area (Å²) in [6, 6.07) is 9.17. The number of carboxylic acid groups (broad SMARTS) is 1. The Labute approximate surface area is 128 Å². The zero-order valence-electron chi connectivity index (χ0n) is 12.4. The third-order valence-corrected chi connectivity index (χ3v) is 3.42. The highest BCUT2D eigenvalue weighted by Crippen LogP contribution is 2.22. The molecule has 1 fully saturated rings. The van der Waals surface area contributed by atoms with Crippen LogP contribution in [0.1, 0.15) is 25.3 Å². The fourth-order valence-corrected chi connectivity index (χ4v) is 2.29. The van der Waals surface area contributed by atoms with Crippen molar-refractivity contribution in [1.29, 1.82) is 0 Å². The van der Waals surface area contributed by atoms with Crippen LogP contribution in [0, 0.1) is 0 Å². The molecule has 0 saturated carbocycles. The molecule has 1 heterocycles. The summed E-state index contributed by atoms with van der Waals surface area (Å²) in [4.78, 5) is 23.2. The van der Waals surface area contributed by atoms with E-state index in [1.807, 2.05) is 30.3 Å². The molecule has 0 bridgehead atoms. The van der Waals surface area contributed by atoms with Gasteiger partial charge in [0.05, 0.1) is 6.10 Å². The Kier molecular flexibility index (Phi) is 5.55. The average Bonchev–Trinajstić information content (AvgIpc) is 2.52. The predicted molar refractivity (Wildman–Crippen MR) is 79.1 cm³/mol. The summed E-state index contributed by atoms with van der Waals surface area (Å²) in [6.07, 6.45) is 0.208. The average molecular weight is 305 g/mol. The molecule has 6 heteroatoms. The fraction of sp³-hybridized carbons (Fsp3) is 0.375. The first-order chi connectivity index (χ1) is 10.6. The largest absolute Gasteiger partial charge is 0.477 e. The number of amides is 1. The van der Waals surface area contributed by atoms with Gasteiger partial charge in [-0.1, -0.05) is 30.3 Å². The lowest BCUT2D eigenvalue weighted by molar-refractivity contribution is -0.133. The first kappa shape index (κ1) is 16.0. The van der Waals surface area contributed by atoms with Crippen LogP contribution in [0.15, 0.2) is 41.6 Å². The molecule has 0 radical (unpaired) electrons. The van der Waals surface area contributed by atoms with E-state index >= 15 is 0 Å². The molecule has 1 amide bonds. The molecule has 2 N–H and O–H groups in total. The maximum Gasteiger partial charge on any atom is 0.412 e. The summed E-state index contributed by atoms with van der Waals surface area (Å²) in [5.74, 6) is -1.19.